The van der Waals surface area contributed by atoms with Crippen LogP contribution in [0.15, 0.2) is 18.2 Å². The summed E-state index contributed by atoms with van der Waals surface area (Å²) in [5.74, 6) is 0.289. The molecule has 24 heavy (non-hydrogen) atoms. The lowest BCUT2D eigenvalue weighted by atomic mass is 9.77. The average molecular weight is 333 g/mol. The van der Waals surface area contributed by atoms with Crippen molar-refractivity contribution in [2.75, 3.05) is 13.2 Å². The van der Waals surface area contributed by atoms with Crippen LogP contribution in [-0.4, -0.2) is 35.7 Å². The molecule has 1 amide bonds. The zero-order chi connectivity index (χ0) is 17.2. The van der Waals surface area contributed by atoms with Gasteiger partial charge in [0.25, 0.3) is 5.91 Å². The van der Waals surface area contributed by atoms with Crippen molar-refractivity contribution in [3.8, 4) is 11.5 Å². The number of ether oxygens (including phenoxy) is 2. The summed E-state index contributed by atoms with van der Waals surface area (Å²) in [4.78, 5) is 24.4. The van der Waals surface area contributed by atoms with Gasteiger partial charge in [-0.3, -0.25) is 4.79 Å². The molecule has 0 saturated heterocycles. The Balaban J connectivity index is 1.78. The van der Waals surface area contributed by atoms with Crippen molar-refractivity contribution in [2.24, 2.45) is 5.92 Å². The summed E-state index contributed by atoms with van der Waals surface area (Å²) in [6, 6.07) is 4.97. The van der Waals surface area contributed by atoms with Gasteiger partial charge >= 0.3 is 5.97 Å². The summed E-state index contributed by atoms with van der Waals surface area (Å²) in [6.45, 7) is 3.23. The summed E-state index contributed by atoms with van der Waals surface area (Å²) < 4.78 is 11.1. The van der Waals surface area contributed by atoms with Gasteiger partial charge in [-0.15, -0.1) is 0 Å². The monoisotopic (exact) mass is 333 g/mol. The standard InChI is InChI=1S/C18H23NO5/c1-12-5-7-18(8-6-12,17(21)22)19-16(20)13-3-4-14-15(11-13)24-10-2-9-23-14/h3-4,11-12H,2,5-10H2,1H3,(H,19,20)(H,21,22). The second-order valence-electron chi connectivity index (χ2n) is 6.74. The zero-order valence-corrected chi connectivity index (χ0v) is 13.8. The molecule has 1 aliphatic heterocycles. The van der Waals surface area contributed by atoms with Crippen LogP contribution in [0.4, 0.5) is 0 Å². The van der Waals surface area contributed by atoms with E-state index in [1.165, 1.54) is 0 Å². The Labute approximate surface area is 141 Å². The van der Waals surface area contributed by atoms with Crippen molar-refractivity contribution >= 4 is 11.9 Å². The van der Waals surface area contributed by atoms with Crippen LogP contribution in [0.25, 0.3) is 0 Å². The smallest absolute Gasteiger partial charge is 0.329 e. The van der Waals surface area contributed by atoms with Crippen LogP contribution >= 0.6 is 0 Å². The molecular formula is C18H23NO5. The molecule has 1 fully saturated rings. The largest absolute Gasteiger partial charge is 0.490 e. The van der Waals surface area contributed by atoms with Crippen molar-refractivity contribution in [1.29, 1.82) is 0 Å². The molecule has 0 spiro atoms. The van der Waals surface area contributed by atoms with Gasteiger partial charge in [0.15, 0.2) is 11.5 Å². The summed E-state index contributed by atoms with van der Waals surface area (Å²) in [5.41, 5.74) is -0.785. The van der Waals surface area contributed by atoms with Crippen molar-refractivity contribution < 1.29 is 24.2 Å². The highest BCUT2D eigenvalue weighted by Gasteiger charge is 2.42. The van der Waals surface area contributed by atoms with Crippen molar-refractivity contribution in [3.05, 3.63) is 23.8 Å². The number of carboxylic acids is 1. The van der Waals surface area contributed by atoms with Crippen LogP contribution in [0, 0.1) is 5.92 Å². The third kappa shape index (κ3) is 3.32. The van der Waals surface area contributed by atoms with E-state index in [0.717, 1.165) is 19.3 Å². The molecule has 1 aliphatic carbocycles. The Morgan fingerprint density at radius 2 is 1.83 bits per heavy atom. The zero-order valence-electron chi connectivity index (χ0n) is 13.8. The van der Waals surface area contributed by atoms with Crippen molar-refractivity contribution in [1.82, 2.24) is 5.32 Å². The summed E-state index contributed by atoms with van der Waals surface area (Å²) in [6.07, 6.45) is 3.30. The van der Waals surface area contributed by atoms with E-state index in [-0.39, 0.29) is 5.91 Å². The highest BCUT2D eigenvalue weighted by molar-refractivity contribution is 5.98. The van der Waals surface area contributed by atoms with Crippen molar-refractivity contribution in [2.45, 2.75) is 44.6 Å². The maximum Gasteiger partial charge on any atom is 0.329 e. The van der Waals surface area contributed by atoms with Crippen LogP contribution in [0.3, 0.4) is 0 Å². The predicted octanol–water partition coefficient (Wildman–Crippen LogP) is 2.61. The Kier molecular flexibility index (Phi) is 4.64. The van der Waals surface area contributed by atoms with E-state index in [1.54, 1.807) is 18.2 Å². The highest BCUT2D eigenvalue weighted by Crippen LogP contribution is 2.34. The van der Waals surface area contributed by atoms with Crippen LogP contribution in [0.2, 0.25) is 0 Å². The second kappa shape index (κ2) is 6.71. The molecule has 6 heteroatoms. The molecule has 130 valence electrons. The van der Waals surface area contributed by atoms with Crippen LogP contribution < -0.4 is 14.8 Å². The molecule has 0 atom stereocenters. The summed E-state index contributed by atoms with van der Waals surface area (Å²) >= 11 is 0. The van der Waals surface area contributed by atoms with Gasteiger partial charge in [-0.2, -0.15) is 0 Å². The van der Waals surface area contributed by atoms with E-state index in [4.69, 9.17) is 9.47 Å². The fraction of sp³-hybridized carbons (Fsp3) is 0.556. The molecule has 0 radical (unpaired) electrons. The van der Waals surface area contributed by atoms with Gasteiger partial charge in [-0.25, -0.2) is 4.79 Å². The van der Waals surface area contributed by atoms with Gasteiger partial charge in [-0.1, -0.05) is 6.92 Å². The average Bonchev–Trinajstić information content (AvgIpc) is 2.81. The van der Waals surface area contributed by atoms with Gasteiger partial charge in [0.05, 0.1) is 13.2 Å². The van der Waals surface area contributed by atoms with Gasteiger partial charge in [0.2, 0.25) is 0 Å². The third-order valence-corrected chi connectivity index (χ3v) is 4.90. The lowest BCUT2D eigenvalue weighted by Gasteiger charge is -2.36. The van der Waals surface area contributed by atoms with Gasteiger partial charge < -0.3 is 19.9 Å². The first-order chi connectivity index (χ1) is 11.5. The molecule has 0 unspecified atom stereocenters. The van der Waals surface area contributed by atoms with E-state index < -0.39 is 11.5 Å². The summed E-state index contributed by atoms with van der Waals surface area (Å²) in [7, 11) is 0. The molecule has 1 heterocycles. The number of nitrogens with one attached hydrogen (secondary N) is 1. The van der Waals surface area contributed by atoms with E-state index >= 15 is 0 Å². The number of carbonyl (C=O) groups is 2. The maximum atomic E-state index is 12.6. The van der Waals surface area contributed by atoms with E-state index in [2.05, 4.69) is 12.2 Å². The van der Waals surface area contributed by atoms with Gasteiger partial charge in [0, 0.05) is 12.0 Å². The maximum absolute atomic E-state index is 12.6. The molecule has 2 aliphatic rings. The quantitative estimate of drug-likeness (QED) is 0.888. The third-order valence-electron chi connectivity index (χ3n) is 4.90. The fourth-order valence-corrected chi connectivity index (χ4v) is 3.24. The highest BCUT2D eigenvalue weighted by atomic mass is 16.5. The van der Waals surface area contributed by atoms with Crippen LogP contribution in [0.5, 0.6) is 11.5 Å². The molecule has 1 aromatic carbocycles. The minimum Gasteiger partial charge on any atom is -0.490 e. The number of rotatable bonds is 3. The first kappa shape index (κ1) is 16.6. The van der Waals surface area contributed by atoms with Crippen molar-refractivity contribution in [3.63, 3.8) is 0 Å². The lowest BCUT2D eigenvalue weighted by molar-refractivity contribution is -0.146. The van der Waals surface area contributed by atoms with E-state index in [9.17, 15) is 14.7 Å². The van der Waals surface area contributed by atoms with Gasteiger partial charge in [0.1, 0.15) is 5.54 Å². The molecule has 1 aromatic rings. The van der Waals surface area contributed by atoms with E-state index in [1.807, 2.05) is 0 Å². The first-order valence-electron chi connectivity index (χ1n) is 8.46. The lowest BCUT2D eigenvalue weighted by Crippen LogP contribution is -2.56. The molecular weight excluding hydrogens is 310 g/mol. The Bertz CT molecular complexity index is 634. The van der Waals surface area contributed by atoms with Crippen LogP contribution in [0.1, 0.15) is 49.4 Å². The number of aliphatic carboxylic acids is 1. The number of benzene rings is 1. The SMILES string of the molecule is CC1CCC(NC(=O)c2ccc3c(c2)OCCCO3)(C(=O)O)CC1. The minimum absolute atomic E-state index is 0.386. The number of hydrogen-bond donors (Lipinski definition) is 2. The van der Waals surface area contributed by atoms with Gasteiger partial charge in [-0.05, 0) is 49.8 Å². The minimum atomic E-state index is -1.17. The van der Waals surface area contributed by atoms with Crippen LogP contribution in [-0.2, 0) is 4.79 Å². The second-order valence-corrected chi connectivity index (χ2v) is 6.74. The predicted molar refractivity (Wildman–Crippen MR) is 87.5 cm³/mol. The number of hydrogen-bond acceptors (Lipinski definition) is 4. The normalized spacial score (nSPS) is 26.3. The Morgan fingerprint density at radius 1 is 1.17 bits per heavy atom. The number of amides is 1. The topological polar surface area (TPSA) is 84.9 Å². The Morgan fingerprint density at radius 3 is 2.50 bits per heavy atom. The Hall–Kier alpha value is -2.24. The summed E-state index contributed by atoms with van der Waals surface area (Å²) in [5, 5.41) is 12.4. The molecule has 6 nitrogen and oxygen atoms in total. The number of carbonyl (C=O) groups excluding carboxylic acids is 1. The number of fused-ring (bicyclic) bond motifs is 1. The molecule has 2 N–H and O–H groups in total. The molecule has 3 rings (SSSR count). The molecule has 0 aromatic heterocycles. The first-order valence-corrected chi connectivity index (χ1v) is 8.46. The fourth-order valence-electron chi connectivity index (χ4n) is 3.24. The molecule has 0 bridgehead atoms. The molecule has 1 saturated carbocycles. The van der Waals surface area contributed by atoms with E-state index in [0.29, 0.717) is 49.0 Å². The number of carboxylic acid groups (broad SMARTS) is 1.